The van der Waals surface area contributed by atoms with Crippen molar-refractivity contribution in [3.05, 3.63) is 59.7 Å². The second kappa shape index (κ2) is 7.96. The Labute approximate surface area is 147 Å². The summed E-state index contributed by atoms with van der Waals surface area (Å²) in [6.07, 6.45) is 2.99. The number of hydrogen-bond acceptors (Lipinski definition) is 4. The molecule has 0 atom stereocenters. The van der Waals surface area contributed by atoms with E-state index in [2.05, 4.69) is 5.32 Å². The van der Waals surface area contributed by atoms with E-state index in [-0.39, 0.29) is 4.90 Å². The summed E-state index contributed by atoms with van der Waals surface area (Å²) in [5.74, 6) is 0.288. The molecule has 0 unspecified atom stereocenters. The minimum absolute atomic E-state index is 0.0176. The Morgan fingerprint density at radius 1 is 1.24 bits per heavy atom. The smallest absolute Gasteiger partial charge is 0.248 e. The fraction of sp³-hybridized carbons (Fsp3) is 0.167. The average Bonchev–Trinajstić information content (AvgIpc) is 2.55. The zero-order valence-electron chi connectivity index (χ0n) is 14.0. The molecule has 132 valence electrons. The summed E-state index contributed by atoms with van der Waals surface area (Å²) in [6.45, 7) is 4.04. The number of primary sulfonamides is 1. The van der Waals surface area contributed by atoms with Gasteiger partial charge in [0.25, 0.3) is 0 Å². The number of ether oxygens (including phenoxy) is 1. The van der Waals surface area contributed by atoms with Crippen molar-refractivity contribution >= 4 is 27.7 Å². The Hall–Kier alpha value is -2.64. The highest BCUT2D eigenvalue weighted by molar-refractivity contribution is 7.89. The first-order valence-electron chi connectivity index (χ1n) is 7.65. The highest BCUT2D eigenvalue weighted by Crippen LogP contribution is 2.21. The Morgan fingerprint density at radius 3 is 2.64 bits per heavy atom. The number of carbonyl (C=O) groups is 1. The molecule has 3 N–H and O–H groups in total. The van der Waals surface area contributed by atoms with E-state index in [1.54, 1.807) is 25.1 Å². The Bertz CT molecular complexity index is 905. The van der Waals surface area contributed by atoms with Crippen LogP contribution in [0.3, 0.4) is 0 Å². The monoisotopic (exact) mass is 360 g/mol. The molecule has 0 spiro atoms. The van der Waals surface area contributed by atoms with Crippen molar-refractivity contribution in [2.75, 3.05) is 11.9 Å². The quantitative estimate of drug-likeness (QED) is 0.774. The SMILES string of the molecule is CCOc1ccccc1/C=C/C(=O)Nc1ccc(C)c(S(N)(=O)=O)c1. The number of carbonyl (C=O) groups excluding carboxylic acids is 1. The van der Waals surface area contributed by atoms with Gasteiger partial charge in [0.15, 0.2) is 0 Å². The summed E-state index contributed by atoms with van der Waals surface area (Å²) in [6, 6.07) is 11.9. The third-order valence-corrected chi connectivity index (χ3v) is 4.45. The van der Waals surface area contributed by atoms with Crippen molar-refractivity contribution in [1.29, 1.82) is 0 Å². The number of benzene rings is 2. The maximum Gasteiger partial charge on any atom is 0.248 e. The predicted molar refractivity (Wildman–Crippen MR) is 97.8 cm³/mol. The first kappa shape index (κ1) is 18.7. The van der Waals surface area contributed by atoms with E-state index < -0.39 is 15.9 Å². The summed E-state index contributed by atoms with van der Waals surface area (Å²) < 4.78 is 28.6. The van der Waals surface area contributed by atoms with Crippen LogP contribution in [0.4, 0.5) is 5.69 Å². The van der Waals surface area contributed by atoms with Gasteiger partial charge in [-0.15, -0.1) is 0 Å². The average molecular weight is 360 g/mol. The minimum Gasteiger partial charge on any atom is -0.493 e. The minimum atomic E-state index is -3.84. The van der Waals surface area contributed by atoms with Gasteiger partial charge in [-0.05, 0) is 43.7 Å². The van der Waals surface area contributed by atoms with Crippen LogP contribution < -0.4 is 15.2 Å². The summed E-state index contributed by atoms with van der Waals surface area (Å²) in [5, 5.41) is 7.79. The molecule has 25 heavy (non-hydrogen) atoms. The Kier molecular flexibility index (Phi) is 5.95. The van der Waals surface area contributed by atoms with Crippen LogP contribution >= 0.6 is 0 Å². The zero-order chi connectivity index (χ0) is 18.4. The van der Waals surface area contributed by atoms with Crippen LogP contribution in [0.2, 0.25) is 0 Å². The second-order valence-corrected chi connectivity index (χ2v) is 6.85. The van der Waals surface area contributed by atoms with Crippen molar-refractivity contribution in [3.63, 3.8) is 0 Å². The van der Waals surface area contributed by atoms with Gasteiger partial charge in [-0.3, -0.25) is 4.79 Å². The second-order valence-electron chi connectivity index (χ2n) is 5.32. The Balaban J connectivity index is 2.16. The number of sulfonamides is 1. The lowest BCUT2D eigenvalue weighted by atomic mass is 10.2. The normalized spacial score (nSPS) is 11.5. The van der Waals surface area contributed by atoms with Crippen molar-refractivity contribution < 1.29 is 17.9 Å². The molecule has 6 nitrogen and oxygen atoms in total. The number of nitrogens with two attached hydrogens (primary N) is 1. The molecule has 0 radical (unpaired) electrons. The molecule has 0 saturated heterocycles. The first-order chi connectivity index (χ1) is 11.8. The topological polar surface area (TPSA) is 98.5 Å². The molecule has 0 aromatic heterocycles. The van der Waals surface area contributed by atoms with E-state index in [4.69, 9.17) is 9.88 Å². The van der Waals surface area contributed by atoms with Crippen LogP contribution in [0.25, 0.3) is 6.08 Å². The molecule has 0 saturated carbocycles. The first-order valence-corrected chi connectivity index (χ1v) is 9.20. The molecular formula is C18H20N2O4S. The molecule has 7 heteroatoms. The largest absolute Gasteiger partial charge is 0.493 e. The van der Waals surface area contributed by atoms with E-state index in [1.807, 2.05) is 31.2 Å². The number of para-hydroxylation sites is 1. The number of aryl methyl sites for hydroxylation is 1. The highest BCUT2D eigenvalue weighted by Gasteiger charge is 2.12. The van der Waals surface area contributed by atoms with E-state index in [1.165, 1.54) is 12.1 Å². The molecule has 0 aliphatic heterocycles. The van der Waals surface area contributed by atoms with Crippen LogP contribution in [0.1, 0.15) is 18.1 Å². The number of nitrogens with one attached hydrogen (secondary N) is 1. The molecule has 2 aromatic carbocycles. The van der Waals surface area contributed by atoms with E-state index in [0.717, 1.165) is 5.56 Å². The van der Waals surface area contributed by atoms with Crippen molar-refractivity contribution in [2.24, 2.45) is 5.14 Å². The van der Waals surface area contributed by atoms with Gasteiger partial charge in [0.2, 0.25) is 15.9 Å². The molecule has 2 aromatic rings. The predicted octanol–water partition coefficient (Wildman–Crippen LogP) is 2.69. The molecule has 0 heterocycles. The van der Waals surface area contributed by atoms with E-state index in [9.17, 15) is 13.2 Å². The van der Waals surface area contributed by atoms with Gasteiger partial charge >= 0.3 is 0 Å². The summed E-state index contributed by atoms with van der Waals surface area (Å²) in [4.78, 5) is 12.1. The number of hydrogen-bond donors (Lipinski definition) is 2. The van der Waals surface area contributed by atoms with Gasteiger partial charge in [0, 0.05) is 17.3 Å². The maximum atomic E-state index is 12.1. The molecule has 0 aliphatic carbocycles. The van der Waals surface area contributed by atoms with Crippen LogP contribution in [0, 0.1) is 6.92 Å². The highest BCUT2D eigenvalue weighted by atomic mass is 32.2. The van der Waals surface area contributed by atoms with Gasteiger partial charge in [-0.2, -0.15) is 0 Å². The van der Waals surface area contributed by atoms with Crippen LogP contribution in [-0.2, 0) is 14.8 Å². The van der Waals surface area contributed by atoms with Gasteiger partial charge in [0.05, 0.1) is 11.5 Å². The van der Waals surface area contributed by atoms with Gasteiger partial charge < -0.3 is 10.1 Å². The number of anilines is 1. The zero-order valence-corrected chi connectivity index (χ0v) is 14.8. The summed E-state index contributed by atoms with van der Waals surface area (Å²) in [7, 11) is -3.84. The molecule has 0 fully saturated rings. The number of rotatable bonds is 6. The van der Waals surface area contributed by atoms with E-state index in [0.29, 0.717) is 23.6 Å². The summed E-state index contributed by atoms with van der Waals surface area (Å²) in [5.41, 5.74) is 1.64. The van der Waals surface area contributed by atoms with Crippen LogP contribution in [-0.4, -0.2) is 20.9 Å². The van der Waals surface area contributed by atoms with Crippen molar-refractivity contribution in [3.8, 4) is 5.75 Å². The molecule has 2 rings (SSSR count). The van der Waals surface area contributed by atoms with Crippen LogP contribution in [0.15, 0.2) is 53.4 Å². The fourth-order valence-corrected chi connectivity index (χ4v) is 3.05. The summed E-state index contributed by atoms with van der Waals surface area (Å²) >= 11 is 0. The molecular weight excluding hydrogens is 340 g/mol. The van der Waals surface area contributed by atoms with Gasteiger partial charge in [-0.25, -0.2) is 13.6 Å². The molecule has 0 bridgehead atoms. The lowest BCUT2D eigenvalue weighted by Gasteiger charge is -2.08. The standard InChI is InChI=1S/C18H20N2O4S/c1-3-24-16-7-5-4-6-14(16)9-11-18(21)20-15-10-8-13(2)17(12-15)25(19,22)23/h4-12H,3H2,1-2H3,(H,20,21)(H2,19,22,23)/b11-9+. The number of amides is 1. The lowest BCUT2D eigenvalue weighted by molar-refractivity contribution is -0.111. The third kappa shape index (κ3) is 5.17. The van der Waals surface area contributed by atoms with Gasteiger partial charge in [-0.1, -0.05) is 24.3 Å². The molecule has 0 aliphatic rings. The maximum absolute atomic E-state index is 12.1. The van der Waals surface area contributed by atoms with E-state index >= 15 is 0 Å². The lowest BCUT2D eigenvalue weighted by Crippen LogP contribution is -2.15. The van der Waals surface area contributed by atoms with Crippen molar-refractivity contribution in [1.82, 2.24) is 0 Å². The van der Waals surface area contributed by atoms with Gasteiger partial charge in [0.1, 0.15) is 5.75 Å². The fourth-order valence-electron chi connectivity index (χ4n) is 2.24. The van der Waals surface area contributed by atoms with Crippen molar-refractivity contribution in [2.45, 2.75) is 18.7 Å². The molecule has 1 amide bonds. The van der Waals surface area contributed by atoms with Crippen LogP contribution in [0.5, 0.6) is 5.75 Å². The third-order valence-electron chi connectivity index (χ3n) is 3.40. The Morgan fingerprint density at radius 2 is 1.96 bits per heavy atom.